The highest BCUT2D eigenvalue weighted by Gasteiger charge is 2.32. The molecule has 2 aliphatic heterocycles. The van der Waals surface area contributed by atoms with Crippen LogP contribution in [0.3, 0.4) is 0 Å². The molecule has 2 fully saturated rings. The molecule has 34 heavy (non-hydrogen) atoms. The Bertz CT molecular complexity index is 964. The molecule has 0 bridgehead atoms. The number of anilines is 1. The van der Waals surface area contributed by atoms with Crippen molar-refractivity contribution in [1.29, 1.82) is 0 Å². The standard InChI is InChI=1S/C27H35N3O4/c1-27(2,3)34-26(32)29-17-15-28(16-18-29)24-13-14-30(19-24)23-11-9-22(10-12-23)25(31)33-20-21-7-5-4-6-8-21/h4-12,24H,13-20H2,1-3H3/t24-/m1/s1. The van der Waals surface area contributed by atoms with Gasteiger partial charge < -0.3 is 19.3 Å². The first-order chi connectivity index (χ1) is 16.3. The first-order valence-electron chi connectivity index (χ1n) is 12.1. The third-order valence-corrected chi connectivity index (χ3v) is 6.33. The minimum absolute atomic E-state index is 0.220. The van der Waals surface area contributed by atoms with Crippen LogP contribution in [0.2, 0.25) is 0 Å². The Morgan fingerprint density at radius 2 is 1.59 bits per heavy atom. The van der Waals surface area contributed by atoms with Gasteiger partial charge in [0.15, 0.2) is 0 Å². The number of nitrogens with zero attached hydrogens (tertiary/aromatic N) is 3. The number of carbonyl (C=O) groups excluding carboxylic acids is 2. The summed E-state index contributed by atoms with van der Waals surface area (Å²) in [4.78, 5) is 31.3. The van der Waals surface area contributed by atoms with Crippen molar-refractivity contribution in [2.24, 2.45) is 0 Å². The number of benzene rings is 2. The maximum absolute atomic E-state index is 12.4. The molecule has 1 atom stereocenters. The summed E-state index contributed by atoms with van der Waals surface area (Å²) in [5.74, 6) is -0.308. The number of hydrogen-bond donors (Lipinski definition) is 0. The highest BCUT2D eigenvalue weighted by atomic mass is 16.6. The van der Waals surface area contributed by atoms with Crippen LogP contribution in [-0.2, 0) is 16.1 Å². The SMILES string of the molecule is CC(C)(C)OC(=O)N1CCN([C@@H]2CCN(c3ccc(C(=O)OCc4ccccc4)cc3)C2)CC1. The summed E-state index contributed by atoms with van der Waals surface area (Å²) in [5, 5.41) is 0. The highest BCUT2D eigenvalue weighted by molar-refractivity contribution is 5.89. The fraction of sp³-hybridized carbons (Fsp3) is 0.481. The van der Waals surface area contributed by atoms with Crippen LogP contribution in [0.1, 0.15) is 43.1 Å². The molecule has 7 heteroatoms. The Morgan fingerprint density at radius 3 is 2.24 bits per heavy atom. The molecule has 0 saturated carbocycles. The van der Waals surface area contributed by atoms with E-state index in [1.807, 2.05) is 80.3 Å². The Morgan fingerprint density at radius 1 is 0.912 bits per heavy atom. The summed E-state index contributed by atoms with van der Waals surface area (Å²) in [5.41, 5.74) is 2.19. The van der Waals surface area contributed by atoms with E-state index in [1.54, 1.807) is 0 Å². The summed E-state index contributed by atoms with van der Waals surface area (Å²) < 4.78 is 10.9. The van der Waals surface area contributed by atoms with E-state index < -0.39 is 5.60 Å². The molecule has 182 valence electrons. The van der Waals surface area contributed by atoms with E-state index >= 15 is 0 Å². The zero-order chi connectivity index (χ0) is 24.1. The number of carbonyl (C=O) groups is 2. The van der Waals surface area contributed by atoms with E-state index in [0.29, 0.717) is 24.7 Å². The fourth-order valence-corrected chi connectivity index (χ4v) is 4.49. The van der Waals surface area contributed by atoms with Crippen LogP contribution < -0.4 is 4.90 Å². The molecule has 2 aliphatic rings. The monoisotopic (exact) mass is 465 g/mol. The van der Waals surface area contributed by atoms with E-state index in [1.165, 1.54) is 0 Å². The van der Waals surface area contributed by atoms with E-state index in [2.05, 4.69) is 9.80 Å². The average Bonchev–Trinajstić information content (AvgIpc) is 3.33. The van der Waals surface area contributed by atoms with Crippen LogP contribution >= 0.6 is 0 Å². The zero-order valence-electron chi connectivity index (χ0n) is 20.4. The molecule has 7 nitrogen and oxygen atoms in total. The summed E-state index contributed by atoms with van der Waals surface area (Å²) >= 11 is 0. The fourth-order valence-electron chi connectivity index (χ4n) is 4.49. The van der Waals surface area contributed by atoms with Gasteiger partial charge in [0.25, 0.3) is 0 Å². The Balaban J connectivity index is 1.24. The first kappa shape index (κ1) is 24.1. The second kappa shape index (κ2) is 10.5. The number of esters is 1. The molecule has 0 aromatic heterocycles. The number of piperazine rings is 1. The number of amides is 1. The average molecular weight is 466 g/mol. The van der Waals surface area contributed by atoms with E-state index in [0.717, 1.165) is 43.9 Å². The van der Waals surface area contributed by atoms with Gasteiger partial charge in [-0.15, -0.1) is 0 Å². The van der Waals surface area contributed by atoms with Crippen LogP contribution in [0.15, 0.2) is 54.6 Å². The quantitative estimate of drug-likeness (QED) is 0.618. The molecule has 2 aromatic rings. The van der Waals surface area contributed by atoms with Crippen molar-refractivity contribution >= 4 is 17.7 Å². The van der Waals surface area contributed by atoms with Gasteiger partial charge in [-0.3, -0.25) is 4.90 Å². The number of hydrogen-bond acceptors (Lipinski definition) is 6. The minimum Gasteiger partial charge on any atom is -0.457 e. The van der Waals surface area contributed by atoms with Crippen LogP contribution in [-0.4, -0.2) is 72.8 Å². The van der Waals surface area contributed by atoms with Gasteiger partial charge in [-0.1, -0.05) is 30.3 Å². The molecule has 2 heterocycles. The first-order valence-corrected chi connectivity index (χ1v) is 12.1. The molecular weight excluding hydrogens is 430 g/mol. The van der Waals surface area contributed by atoms with Gasteiger partial charge in [-0.05, 0) is 57.0 Å². The number of rotatable bonds is 5. The molecule has 0 radical (unpaired) electrons. The van der Waals surface area contributed by atoms with Gasteiger partial charge in [0, 0.05) is 51.0 Å². The van der Waals surface area contributed by atoms with Gasteiger partial charge in [-0.25, -0.2) is 9.59 Å². The zero-order valence-corrected chi connectivity index (χ0v) is 20.4. The minimum atomic E-state index is -0.464. The molecule has 0 N–H and O–H groups in total. The van der Waals surface area contributed by atoms with Crippen molar-refractivity contribution in [2.45, 2.75) is 45.4 Å². The topological polar surface area (TPSA) is 62.3 Å². The van der Waals surface area contributed by atoms with Crippen molar-refractivity contribution in [2.75, 3.05) is 44.2 Å². The lowest BCUT2D eigenvalue weighted by Crippen LogP contribution is -2.53. The molecular formula is C27H35N3O4. The lowest BCUT2D eigenvalue weighted by Gasteiger charge is -2.38. The van der Waals surface area contributed by atoms with Gasteiger partial charge >= 0.3 is 12.1 Å². The van der Waals surface area contributed by atoms with Crippen LogP contribution in [0.5, 0.6) is 0 Å². The second-order valence-corrected chi connectivity index (χ2v) is 10.0. The van der Waals surface area contributed by atoms with Crippen molar-refractivity contribution in [3.05, 3.63) is 65.7 Å². The summed E-state index contributed by atoms with van der Waals surface area (Å²) in [7, 11) is 0. The summed E-state index contributed by atoms with van der Waals surface area (Å²) in [6.45, 7) is 11.0. The third-order valence-electron chi connectivity index (χ3n) is 6.33. The van der Waals surface area contributed by atoms with Crippen LogP contribution in [0, 0.1) is 0 Å². The second-order valence-electron chi connectivity index (χ2n) is 10.0. The Kier molecular flexibility index (Phi) is 7.41. The summed E-state index contributed by atoms with van der Waals surface area (Å²) in [6.07, 6.45) is 0.871. The highest BCUT2D eigenvalue weighted by Crippen LogP contribution is 2.25. The maximum atomic E-state index is 12.4. The van der Waals surface area contributed by atoms with Gasteiger partial charge in [0.1, 0.15) is 12.2 Å². The molecule has 2 saturated heterocycles. The van der Waals surface area contributed by atoms with Crippen molar-refractivity contribution in [3.63, 3.8) is 0 Å². The van der Waals surface area contributed by atoms with E-state index in [-0.39, 0.29) is 18.7 Å². The van der Waals surface area contributed by atoms with E-state index in [4.69, 9.17) is 9.47 Å². The van der Waals surface area contributed by atoms with Crippen LogP contribution in [0.25, 0.3) is 0 Å². The Labute approximate surface area is 202 Å². The van der Waals surface area contributed by atoms with Crippen molar-refractivity contribution in [3.8, 4) is 0 Å². The molecule has 0 aliphatic carbocycles. The lowest BCUT2D eigenvalue weighted by molar-refractivity contribution is 0.0112. The molecule has 1 amide bonds. The third kappa shape index (κ3) is 6.29. The summed E-state index contributed by atoms with van der Waals surface area (Å²) in [6, 6.07) is 17.8. The lowest BCUT2D eigenvalue weighted by atomic mass is 10.2. The van der Waals surface area contributed by atoms with Crippen LogP contribution in [0.4, 0.5) is 10.5 Å². The van der Waals surface area contributed by atoms with Gasteiger partial charge in [0.05, 0.1) is 5.56 Å². The largest absolute Gasteiger partial charge is 0.457 e. The maximum Gasteiger partial charge on any atom is 0.410 e. The molecule has 4 rings (SSSR count). The molecule has 0 spiro atoms. The predicted octanol–water partition coefficient (Wildman–Crippen LogP) is 4.18. The predicted molar refractivity (Wildman–Crippen MR) is 132 cm³/mol. The van der Waals surface area contributed by atoms with E-state index in [9.17, 15) is 9.59 Å². The molecule has 0 unspecified atom stereocenters. The Hall–Kier alpha value is -3.06. The smallest absolute Gasteiger partial charge is 0.410 e. The number of ether oxygens (including phenoxy) is 2. The van der Waals surface area contributed by atoms with Crippen molar-refractivity contribution < 1.29 is 19.1 Å². The van der Waals surface area contributed by atoms with Crippen molar-refractivity contribution in [1.82, 2.24) is 9.80 Å². The van der Waals surface area contributed by atoms with Gasteiger partial charge in [-0.2, -0.15) is 0 Å². The molecule has 2 aromatic carbocycles. The van der Waals surface area contributed by atoms with Gasteiger partial charge in [0.2, 0.25) is 0 Å². The normalized spacial score (nSPS) is 19.2.